The maximum Gasteiger partial charge on any atom is 0.237 e. The van der Waals surface area contributed by atoms with Gasteiger partial charge in [-0.25, -0.2) is 0 Å². The minimum absolute atomic E-state index is 0.0619. The number of hydrogen-bond acceptors (Lipinski definition) is 3. The summed E-state index contributed by atoms with van der Waals surface area (Å²) in [6, 6.07) is 0.103. The number of ketones is 1. The first-order chi connectivity index (χ1) is 7.06. The van der Waals surface area contributed by atoms with Crippen molar-refractivity contribution in [1.82, 2.24) is 10.2 Å². The molecule has 0 aromatic carbocycles. The van der Waals surface area contributed by atoms with Crippen LogP contribution in [0.1, 0.15) is 33.6 Å². The normalized spacial score (nSPS) is 24.7. The average molecular weight is 212 g/mol. The van der Waals surface area contributed by atoms with Gasteiger partial charge in [0.05, 0.1) is 6.04 Å². The van der Waals surface area contributed by atoms with Crippen molar-refractivity contribution in [2.45, 2.75) is 45.7 Å². The first kappa shape index (κ1) is 12.2. The number of rotatable bonds is 4. The van der Waals surface area contributed by atoms with Crippen LogP contribution in [0.25, 0.3) is 0 Å². The molecule has 1 heterocycles. The second kappa shape index (κ2) is 5.26. The lowest BCUT2D eigenvalue weighted by atomic mass is 10.0. The van der Waals surface area contributed by atoms with E-state index < -0.39 is 0 Å². The second-order valence-corrected chi connectivity index (χ2v) is 4.21. The monoisotopic (exact) mass is 212 g/mol. The Morgan fingerprint density at radius 1 is 1.67 bits per heavy atom. The number of piperazine rings is 1. The van der Waals surface area contributed by atoms with Crippen molar-refractivity contribution in [1.29, 1.82) is 0 Å². The van der Waals surface area contributed by atoms with Gasteiger partial charge in [-0.2, -0.15) is 0 Å². The molecule has 0 spiro atoms. The Bertz CT molecular complexity index is 253. The molecule has 2 unspecified atom stereocenters. The van der Waals surface area contributed by atoms with Gasteiger partial charge in [-0.1, -0.05) is 6.92 Å². The molecule has 0 aliphatic carbocycles. The molecule has 0 saturated carbocycles. The lowest BCUT2D eigenvalue weighted by Crippen LogP contribution is -2.57. The zero-order chi connectivity index (χ0) is 11.4. The first-order valence-electron chi connectivity index (χ1n) is 5.59. The molecule has 0 radical (unpaired) electrons. The lowest BCUT2D eigenvalue weighted by Gasteiger charge is -2.38. The van der Waals surface area contributed by atoms with Crippen LogP contribution in [-0.4, -0.2) is 41.8 Å². The molecule has 2 atom stereocenters. The van der Waals surface area contributed by atoms with Gasteiger partial charge in [0.25, 0.3) is 0 Å². The number of Topliss-reactive ketones (excluding diaryl/α,β-unsaturated/α-hetero) is 1. The zero-order valence-corrected chi connectivity index (χ0v) is 9.75. The minimum Gasteiger partial charge on any atom is -0.353 e. The Hall–Kier alpha value is -0.900. The Kier molecular flexibility index (Phi) is 4.27. The molecule has 1 N–H and O–H groups in total. The smallest absolute Gasteiger partial charge is 0.237 e. The maximum atomic E-state index is 11.6. The van der Waals surface area contributed by atoms with E-state index >= 15 is 0 Å². The molecule has 1 amide bonds. The minimum atomic E-state index is -0.0619. The molecular formula is C11H20N2O2. The van der Waals surface area contributed by atoms with E-state index in [4.69, 9.17) is 0 Å². The van der Waals surface area contributed by atoms with Crippen LogP contribution in [-0.2, 0) is 9.59 Å². The number of nitrogens with one attached hydrogen (secondary N) is 1. The van der Waals surface area contributed by atoms with Gasteiger partial charge in [0.15, 0.2) is 0 Å². The van der Waals surface area contributed by atoms with Gasteiger partial charge in [0.2, 0.25) is 5.91 Å². The summed E-state index contributed by atoms with van der Waals surface area (Å²) >= 11 is 0. The highest BCUT2D eigenvalue weighted by Gasteiger charge is 2.31. The molecule has 15 heavy (non-hydrogen) atoms. The van der Waals surface area contributed by atoms with Crippen molar-refractivity contribution in [3.8, 4) is 0 Å². The molecular weight excluding hydrogens is 192 g/mol. The van der Waals surface area contributed by atoms with Crippen LogP contribution in [0, 0.1) is 0 Å². The predicted molar refractivity (Wildman–Crippen MR) is 58.6 cm³/mol. The largest absolute Gasteiger partial charge is 0.353 e. The van der Waals surface area contributed by atoms with Gasteiger partial charge in [0, 0.05) is 25.6 Å². The molecule has 1 saturated heterocycles. The summed E-state index contributed by atoms with van der Waals surface area (Å²) in [5.41, 5.74) is 0. The van der Waals surface area contributed by atoms with Crippen LogP contribution in [0.4, 0.5) is 0 Å². The molecule has 1 aliphatic rings. The van der Waals surface area contributed by atoms with Crippen molar-refractivity contribution in [3.05, 3.63) is 0 Å². The predicted octanol–water partition coefficient (Wildman–Crippen LogP) is 0.564. The maximum absolute atomic E-state index is 11.6. The highest BCUT2D eigenvalue weighted by atomic mass is 16.2. The third-order valence-corrected chi connectivity index (χ3v) is 2.91. The lowest BCUT2D eigenvalue weighted by molar-refractivity contribution is -0.131. The summed E-state index contributed by atoms with van der Waals surface area (Å²) in [5.74, 6) is 0.280. The highest BCUT2D eigenvalue weighted by Crippen LogP contribution is 2.14. The summed E-state index contributed by atoms with van der Waals surface area (Å²) in [4.78, 5) is 24.8. The Balaban J connectivity index is 2.64. The van der Waals surface area contributed by atoms with Crippen molar-refractivity contribution in [2.75, 3.05) is 13.1 Å². The van der Waals surface area contributed by atoms with E-state index in [1.807, 2.05) is 13.8 Å². The summed E-state index contributed by atoms with van der Waals surface area (Å²) in [6.07, 6.45) is 1.33. The van der Waals surface area contributed by atoms with Gasteiger partial charge in [-0.15, -0.1) is 0 Å². The molecule has 1 rings (SSSR count). The average Bonchev–Trinajstić information content (AvgIpc) is 2.16. The van der Waals surface area contributed by atoms with E-state index in [1.165, 1.54) is 0 Å². The van der Waals surface area contributed by atoms with E-state index in [2.05, 4.69) is 10.2 Å². The fourth-order valence-electron chi connectivity index (χ4n) is 2.21. The second-order valence-electron chi connectivity index (χ2n) is 4.21. The molecule has 86 valence electrons. The fourth-order valence-corrected chi connectivity index (χ4v) is 2.21. The zero-order valence-electron chi connectivity index (χ0n) is 9.75. The third kappa shape index (κ3) is 3.02. The SMILES string of the molecule is CCC1C(=O)NCCN1C(C)CC(C)=O. The van der Waals surface area contributed by atoms with Crippen LogP contribution >= 0.6 is 0 Å². The number of carbonyl (C=O) groups excluding carboxylic acids is 2. The van der Waals surface area contributed by atoms with Gasteiger partial charge < -0.3 is 5.32 Å². The Morgan fingerprint density at radius 3 is 2.87 bits per heavy atom. The van der Waals surface area contributed by atoms with Gasteiger partial charge >= 0.3 is 0 Å². The van der Waals surface area contributed by atoms with Crippen molar-refractivity contribution >= 4 is 11.7 Å². The van der Waals surface area contributed by atoms with Gasteiger partial charge in [-0.05, 0) is 20.3 Å². The van der Waals surface area contributed by atoms with E-state index in [-0.39, 0.29) is 23.8 Å². The number of amides is 1. The Labute approximate surface area is 91.0 Å². The van der Waals surface area contributed by atoms with Gasteiger partial charge in [-0.3, -0.25) is 14.5 Å². The summed E-state index contributed by atoms with van der Waals surface area (Å²) in [7, 11) is 0. The van der Waals surface area contributed by atoms with Crippen molar-refractivity contribution in [2.24, 2.45) is 0 Å². The summed E-state index contributed by atoms with van der Waals surface area (Å²) in [5, 5.41) is 2.86. The van der Waals surface area contributed by atoms with E-state index in [0.29, 0.717) is 13.0 Å². The van der Waals surface area contributed by atoms with Crippen LogP contribution in [0.5, 0.6) is 0 Å². The molecule has 0 aromatic heterocycles. The topological polar surface area (TPSA) is 49.4 Å². The molecule has 4 heteroatoms. The molecule has 1 aliphatic heterocycles. The number of hydrogen-bond donors (Lipinski definition) is 1. The van der Waals surface area contributed by atoms with Gasteiger partial charge in [0.1, 0.15) is 5.78 Å². The summed E-state index contributed by atoms with van der Waals surface area (Å²) in [6.45, 7) is 7.16. The quantitative estimate of drug-likeness (QED) is 0.741. The number of carbonyl (C=O) groups is 2. The number of nitrogens with zero attached hydrogens (tertiary/aromatic N) is 1. The van der Waals surface area contributed by atoms with E-state index in [9.17, 15) is 9.59 Å². The summed E-state index contributed by atoms with van der Waals surface area (Å²) < 4.78 is 0. The van der Waals surface area contributed by atoms with E-state index in [1.54, 1.807) is 6.92 Å². The van der Waals surface area contributed by atoms with Crippen LogP contribution in [0.2, 0.25) is 0 Å². The van der Waals surface area contributed by atoms with Crippen molar-refractivity contribution < 1.29 is 9.59 Å². The van der Waals surface area contributed by atoms with E-state index in [0.717, 1.165) is 13.0 Å². The third-order valence-electron chi connectivity index (χ3n) is 2.91. The highest BCUT2D eigenvalue weighted by molar-refractivity contribution is 5.82. The molecule has 1 fully saturated rings. The van der Waals surface area contributed by atoms with Crippen LogP contribution < -0.4 is 5.32 Å². The van der Waals surface area contributed by atoms with Crippen molar-refractivity contribution in [3.63, 3.8) is 0 Å². The first-order valence-corrected chi connectivity index (χ1v) is 5.59. The molecule has 0 bridgehead atoms. The molecule has 0 aromatic rings. The fraction of sp³-hybridized carbons (Fsp3) is 0.818. The van der Waals surface area contributed by atoms with Crippen LogP contribution in [0.3, 0.4) is 0 Å². The standard InChI is InChI=1S/C11H20N2O2/c1-4-10-11(15)12-5-6-13(10)8(2)7-9(3)14/h8,10H,4-7H2,1-3H3,(H,12,15). The Morgan fingerprint density at radius 2 is 2.33 bits per heavy atom. The molecule has 4 nitrogen and oxygen atoms in total. The van der Waals surface area contributed by atoms with Crippen LogP contribution in [0.15, 0.2) is 0 Å².